The zero-order valence-corrected chi connectivity index (χ0v) is 12.3. The molecule has 3 rings (SSSR count). The normalized spacial score (nSPS) is 23.1. The summed E-state index contributed by atoms with van der Waals surface area (Å²) in [6, 6.07) is 0. The minimum Gasteiger partial charge on any atom is -0.330 e. The van der Waals surface area contributed by atoms with Gasteiger partial charge < -0.3 is 9.88 Å². The molecule has 5 heteroatoms. The van der Waals surface area contributed by atoms with E-state index < -0.39 is 0 Å². The van der Waals surface area contributed by atoms with Crippen LogP contribution in [0.2, 0.25) is 0 Å². The Morgan fingerprint density at radius 3 is 3.00 bits per heavy atom. The van der Waals surface area contributed by atoms with Crippen molar-refractivity contribution in [2.45, 2.75) is 39.8 Å². The van der Waals surface area contributed by atoms with E-state index in [-0.39, 0.29) is 0 Å². The second-order valence-electron chi connectivity index (χ2n) is 6.08. The smallest absolute Gasteiger partial charge is 0.0951 e. The Kier molecular flexibility index (Phi) is 3.61. The number of nitrogens with one attached hydrogen (secondary N) is 1. The number of aryl methyl sites for hydroxylation is 1. The number of hydrogen-bond donors (Lipinski definition) is 1. The van der Waals surface area contributed by atoms with Crippen LogP contribution in [0.15, 0.2) is 24.9 Å². The van der Waals surface area contributed by atoms with Crippen LogP contribution < -0.4 is 5.32 Å². The third kappa shape index (κ3) is 2.63. The van der Waals surface area contributed by atoms with Gasteiger partial charge in [-0.1, -0.05) is 6.92 Å². The fraction of sp³-hybridized carbons (Fsp3) is 0.600. The lowest BCUT2D eigenvalue weighted by Gasteiger charge is -2.34. The second-order valence-corrected chi connectivity index (χ2v) is 6.08. The van der Waals surface area contributed by atoms with Crippen molar-refractivity contribution < 1.29 is 0 Å². The highest BCUT2D eigenvalue weighted by Gasteiger charge is 2.28. The average molecular weight is 273 g/mol. The predicted molar refractivity (Wildman–Crippen MR) is 79.3 cm³/mol. The number of aromatic nitrogens is 4. The summed E-state index contributed by atoms with van der Waals surface area (Å²) in [5.41, 5.74) is 2.63. The van der Waals surface area contributed by atoms with E-state index in [1.807, 2.05) is 23.4 Å². The maximum absolute atomic E-state index is 4.36. The monoisotopic (exact) mass is 273 g/mol. The predicted octanol–water partition coefficient (Wildman–Crippen LogP) is 2.16. The molecule has 5 nitrogen and oxygen atoms in total. The largest absolute Gasteiger partial charge is 0.330 e. The molecule has 108 valence electrons. The van der Waals surface area contributed by atoms with Gasteiger partial charge in [-0.25, -0.2) is 4.98 Å². The Bertz CT molecular complexity index is 562. The molecule has 3 heterocycles. The van der Waals surface area contributed by atoms with Crippen LogP contribution in [0.5, 0.6) is 0 Å². The fourth-order valence-electron chi connectivity index (χ4n) is 3.02. The number of imidazole rings is 1. The highest BCUT2D eigenvalue weighted by Crippen LogP contribution is 2.29. The van der Waals surface area contributed by atoms with Crippen LogP contribution in [0.3, 0.4) is 0 Å². The molecule has 0 aliphatic carbocycles. The summed E-state index contributed by atoms with van der Waals surface area (Å²) in [7, 11) is 0. The van der Waals surface area contributed by atoms with Gasteiger partial charge in [0, 0.05) is 31.4 Å². The molecule has 1 fully saturated rings. The summed E-state index contributed by atoms with van der Waals surface area (Å²) < 4.78 is 4.22. The molecule has 0 radical (unpaired) electrons. The molecule has 0 aromatic carbocycles. The van der Waals surface area contributed by atoms with Crippen LogP contribution in [0.25, 0.3) is 11.3 Å². The van der Waals surface area contributed by atoms with E-state index in [1.165, 1.54) is 12.8 Å². The van der Waals surface area contributed by atoms with Crippen molar-refractivity contribution in [1.29, 1.82) is 0 Å². The highest BCUT2D eigenvalue weighted by molar-refractivity contribution is 5.56. The molecule has 0 amide bonds. The van der Waals surface area contributed by atoms with E-state index in [0.717, 1.165) is 37.4 Å². The van der Waals surface area contributed by atoms with Crippen LogP contribution >= 0.6 is 0 Å². The van der Waals surface area contributed by atoms with Gasteiger partial charge in [-0.3, -0.25) is 4.68 Å². The first-order valence-electron chi connectivity index (χ1n) is 7.44. The van der Waals surface area contributed by atoms with Gasteiger partial charge in [-0.05, 0) is 31.7 Å². The van der Waals surface area contributed by atoms with Crippen molar-refractivity contribution in [3.8, 4) is 11.3 Å². The van der Waals surface area contributed by atoms with Crippen LogP contribution in [-0.4, -0.2) is 32.4 Å². The summed E-state index contributed by atoms with van der Waals surface area (Å²) in [6.07, 6.45) is 10.4. The van der Waals surface area contributed by atoms with Crippen molar-refractivity contribution in [3.63, 3.8) is 0 Å². The van der Waals surface area contributed by atoms with E-state index >= 15 is 0 Å². The first-order chi connectivity index (χ1) is 9.70. The maximum Gasteiger partial charge on any atom is 0.0951 e. The molecule has 1 atom stereocenters. The SMILES string of the molecule is CCn1cc(-c2cncn2CC2(C)CCCNC2)cn1. The lowest BCUT2D eigenvalue weighted by molar-refractivity contribution is 0.202. The Labute approximate surface area is 120 Å². The Morgan fingerprint density at radius 2 is 2.30 bits per heavy atom. The van der Waals surface area contributed by atoms with Crippen LogP contribution in [-0.2, 0) is 13.1 Å². The standard InChI is InChI=1S/C15H23N5/c1-3-20-9-13(7-18-20)14-8-17-12-19(14)11-15(2)5-4-6-16-10-15/h7-9,12,16H,3-6,10-11H2,1-2H3. The van der Waals surface area contributed by atoms with Crippen LogP contribution in [0, 0.1) is 5.41 Å². The minimum absolute atomic E-state index is 0.314. The van der Waals surface area contributed by atoms with Crippen molar-refractivity contribution in [2.75, 3.05) is 13.1 Å². The van der Waals surface area contributed by atoms with Gasteiger partial charge in [-0.15, -0.1) is 0 Å². The van der Waals surface area contributed by atoms with E-state index in [9.17, 15) is 0 Å². The summed E-state index contributed by atoms with van der Waals surface area (Å²) >= 11 is 0. The summed E-state index contributed by atoms with van der Waals surface area (Å²) in [5, 5.41) is 7.87. The van der Waals surface area contributed by atoms with E-state index in [2.05, 4.69) is 40.0 Å². The zero-order valence-electron chi connectivity index (χ0n) is 12.3. The van der Waals surface area contributed by atoms with Gasteiger partial charge >= 0.3 is 0 Å². The summed E-state index contributed by atoms with van der Waals surface area (Å²) in [5.74, 6) is 0. The van der Waals surface area contributed by atoms with Crippen LogP contribution in [0.1, 0.15) is 26.7 Å². The molecule has 1 N–H and O–H groups in total. The Balaban J connectivity index is 1.82. The number of rotatable bonds is 4. The first-order valence-corrected chi connectivity index (χ1v) is 7.44. The average Bonchev–Trinajstić information content (AvgIpc) is 3.07. The minimum atomic E-state index is 0.314. The Morgan fingerprint density at radius 1 is 1.40 bits per heavy atom. The lowest BCUT2D eigenvalue weighted by Crippen LogP contribution is -2.40. The van der Waals surface area contributed by atoms with Crippen molar-refractivity contribution in [1.82, 2.24) is 24.6 Å². The quantitative estimate of drug-likeness (QED) is 0.928. The van der Waals surface area contributed by atoms with Crippen LogP contribution in [0.4, 0.5) is 0 Å². The molecule has 1 saturated heterocycles. The van der Waals surface area contributed by atoms with Crippen molar-refractivity contribution in [3.05, 3.63) is 24.9 Å². The molecule has 20 heavy (non-hydrogen) atoms. The molecule has 0 bridgehead atoms. The molecule has 1 aliphatic rings. The maximum atomic E-state index is 4.36. The van der Waals surface area contributed by atoms with Gasteiger partial charge in [0.05, 0.1) is 24.4 Å². The van der Waals surface area contributed by atoms with E-state index in [4.69, 9.17) is 0 Å². The first kappa shape index (κ1) is 13.4. The fourth-order valence-corrected chi connectivity index (χ4v) is 3.02. The molecule has 0 saturated carbocycles. The Hall–Kier alpha value is -1.62. The summed E-state index contributed by atoms with van der Waals surface area (Å²) in [4.78, 5) is 4.34. The molecular weight excluding hydrogens is 250 g/mol. The molecule has 0 spiro atoms. The van der Waals surface area contributed by atoms with Gasteiger partial charge in [0.2, 0.25) is 0 Å². The topological polar surface area (TPSA) is 47.7 Å². The third-order valence-electron chi connectivity index (χ3n) is 4.20. The lowest BCUT2D eigenvalue weighted by atomic mass is 9.82. The zero-order chi connectivity index (χ0) is 14.0. The van der Waals surface area contributed by atoms with Gasteiger partial charge in [0.1, 0.15) is 0 Å². The highest BCUT2D eigenvalue weighted by atomic mass is 15.3. The molecular formula is C15H23N5. The number of nitrogens with zero attached hydrogens (tertiary/aromatic N) is 4. The van der Waals surface area contributed by atoms with E-state index in [1.54, 1.807) is 0 Å². The third-order valence-corrected chi connectivity index (χ3v) is 4.20. The molecule has 2 aromatic heterocycles. The van der Waals surface area contributed by atoms with Gasteiger partial charge in [0.25, 0.3) is 0 Å². The van der Waals surface area contributed by atoms with Crippen molar-refractivity contribution in [2.24, 2.45) is 5.41 Å². The van der Waals surface area contributed by atoms with Gasteiger partial charge in [0.15, 0.2) is 0 Å². The van der Waals surface area contributed by atoms with E-state index in [0.29, 0.717) is 5.41 Å². The second kappa shape index (κ2) is 5.40. The van der Waals surface area contributed by atoms with Gasteiger partial charge in [-0.2, -0.15) is 5.10 Å². The number of hydrogen-bond acceptors (Lipinski definition) is 3. The van der Waals surface area contributed by atoms with Crippen molar-refractivity contribution >= 4 is 0 Å². The number of piperidine rings is 1. The molecule has 2 aromatic rings. The molecule has 1 aliphatic heterocycles. The summed E-state index contributed by atoms with van der Waals surface area (Å²) in [6.45, 7) is 8.60. The molecule has 1 unspecified atom stereocenters.